The number of halogens is 1. The van der Waals surface area contributed by atoms with Gasteiger partial charge in [-0.15, -0.1) is 0 Å². The van der Waals surface area contributed by atoms with E-state index >= 15 is 0 Å². The number of hydrogen-bond donors (Lipinski definition) is 1. The van der Waals surface area contributed by atoms with Crippen LogP contribution in [0.2, 0.25) is 0 Å². The predicted octanol–water partition coefficient (Wildman–Crippen LogP) is 4.64. The van der Waals surface area contributed by atoms with E-state index in [9.17, 15) is 14.4 Å². The fraction of sp³-hybridized carbons (Fsp3) is 0.261. The number of carbonyl (C=O) groups excluding carboxylic acids is 3. The van der Waals surface area contributed by atoms with Gasteiger partial charge in [0.25, 0.3) is 11.8 Å². The Morgan fingerprint density at radius 2 is 1.80 bits per heavy atom. The Labute approximate surface area is 180 Å². The number of anilines is 2. The summed E-state index contributed by atoms with van der Waals surface area (Å²) in [6.45, 7) is 4.10. The number of ether oxygens (including phenoxy) is 1. The first-order valence-electron chi connectivity index (χ1n) is 9.88. The molecule has 6 nitrogen and oxygen atoms in total. The van der Waals surface area contributed by atoms with E-state index in [1.165, 1.54) is 6.07 Å². The van der Waals surface area contributed by atoms with Crippen LogP contribution in [0.4, 0.5) is 11.4 Å². The average Bonchev–Trinajstić information content (AvgIpc) is 2.96. The van der Waals surface area contributed by atoms with E-state index in [2.05, 4.69) is 12.2 Å². The van der Waals surface area contributed by atoms with Crippen LogP contribution in [0.3, 0.4) is 0 Å². The van der Waals surface area contributed by atoms with Crippen molar-refractivity contribution in [1.29, 1.82) is 0 Å². The molecule has 0 unspecified atom stereocenters. The molecular formula is C23H23ClN2O4. The number of imide groups is 1. The molecular weight excluding hydrogens is 404 g/mol. The molecule has 2 aromatic rings. The lowest BCUT2D eigenvalue weighted by atomic mass is 10.1. The molecule has 0 atom stereocenters. The Morgan fingerprint density at radius 3 is 2.47 bits per heavy atom. The zero-order valence-electron chi connectivity index (χ0n) is 16.9. The number of benzene rings is 2. The SMILES string of the molecule is CCCCc1ccc(N2C(=O)C(Cl)=C(Nc3cccc(C(=O)OCC)c3)C2=O)cc1. The quantitative estimate of drug-likeness (QED) is 0.491. The van der Waals surface area contributed by atoms with E-state index in [0.29, 0.717) is 16.9 Å². The maximum Gasteiger partial charge on any atom is 0.338 e. The van der Waals surface area contributed by atoms with Crippen molar-refractivity contribution >= 4 is 40.8 Å². The lowest BCUT2D eigenvalue weighted by molar-refractivity contribution is -0.120. The molecule has 1 N–H and O–H groups in total. The number of aryl methyl sites for hydroxylation is 1. The van der Waals surface area contributed by atoms with E-state index < -0.39 is 17.8 Å². The van der Waals surface area contributed by atoms with E-state index in [0.717, 1.165) is 29.7 Å². The number of unbranched alkanes of at least 4 members (excludes halogenated alkanes) is 1. The van der Waals surface area contributed by atoms with Gasteiger partial charge in [-0.2, -0.15) is 0 Å². The third kappa shape index (κ3) is 4.54. The number of nitrogens with zero attached hydrogens (tertiary/aromatic N) is 1. The van der Waals surface area contributed by atoms with E-state index in [1.54, 1.807) is 37.3 Å². The lowest BCUT2D eigenvalue weighted by Gasteiger charge is -2.16. The molecule has 0 aliphatic carbocycles. The average molecular weight is 427 g/mol. The van der Waals surface area contributed by atoms with Gasteiger partial charge in [0, 0.05) is 5.69 Å². The van der Waals surface area contributed by atoms with Crippen LogP contribution in [0.15, 0.2) is 59.3 Å². The lowest BCUT2D eigenvalue weighted by Crippen LogP contribution is -2.32. The van der Waals surface area contributed by atoms with Gasteiger partial charge in [-0.3, -0.25) is 9.59 Å². The number of nitrogens with one attached hydrogen (secondary N) is 1. The Balaban J connectivity index is 1.79. The van der Waals surface area contributed by atoms with Crippen molar-refractivity contribution in [3.05, 3.63) is 70.4 Å². The van der Waals surface area contributed by atoms with E-state index in [-0.39, 0.29) is 17.3 Å². The van der Waals surface area contributed by atoms with Crippen LogP contribution in [-0.2, 0) is 20.7 Å². The Kier molecular flexibility index (Phi) is 6.90. The molecule has 0 bridgehead atoms. The summed E-state index contributed by atoms with van der Waals surface area (Å²) in [5, 5.41) is 2.68. The van der Waals surface area contributed by atoms with Gasteiger partial charge in [-0.1, -0.05) is 43.1 Å². The molecule has 7 heteroatoms. The second kappa shape index (κ2) is 9.59. The van der Waals surface area contributed by atoms with Crippen molar-refractivity contribution < 1.29 is 19.1 Å². The second-order valence-corrected chi connectivity index (χ2v) is 7.21. The van der Waals surface area contributed by atoms with Gasteiger partial charge in [0.2, 0.25) is 0 Å². The Morgan fingerprint density at radius 1 is 1.07 bits per heavy atom. The smallest absolute Gasteiger partial charge is 0.338 e. The van der Waals surface area contributed by atoms with Crippen LogP contribution in [0.25, 0.3) is 0 Å². The summed E-state index contributed by atoms with van der Waals surface area (Å²) in [6, 6.07) is 13.8. The highest BCUT2D eigenvalue weighted by atomic mass is 35.5. The molecule has 0 radical (unpaired) electrons. The van der Waals surface area contributed by atoms with Gasteiger partial charge in [0.05, 0.1) is 17.9 Å². The van der Waals surface area contributed by atoms with Crippen LogP contribution in [0.1, 0.15) is 42.6 Å². The summed E-state index contributed by atoms with van der Waals surface area (Å²) in [4.78, 5) is 38.5. The van der Waals surface area contributed by atoms with Gasteiger partial charge < -0.3 is 10.1 Å². The topological polar surface area (TPSA) is 75.7 Å². The molecule has 0 spiro atoms. The first-order valence-corrected chi connectivity index (χ1v) is 10.3. The van der Waals surface area contributed by atoms with Crippen LogP contribution in [0, 0.1) is 0 Å². The number of esters is 1. The van der Waals surface area contributed by atoms with Gasteiger partial charge in [0.1, 0.15) is 10.7 Å². The largest absolute Gasteiger partial charge is 0.462 e. The molecule has 0 saturated heterocycles. The molecule has 1 aliphatic heterocycles. The highest BCUT2D eigenvalue weighted by Crippen LogP contribution is 2.30. The highest BCUT2D eigenvalue weighted by Gasteiger charge is 2.39. The van der Waals surface area contributed by atoms with Crippen molar-refractivity contribution in [2.75, 3.05) is 16.8 Å². The molecule has 30 heavy (non-hydrogen) atoms. The highest BCUT2D eigenvalue weighted by molar-refractivity contribution is 6.53. The van der Waals surface area contributed by atoms with Crippen molar-refractivity contribution in [3.63, 3.8) is 0 Å². The normalized spacial score (nSPS) is 13.8. The second-order valence-electron chi connectivity index (χ2n) is 6.83. The Hall–Kier alpha value is -3.12. The van der Waals surface area contributed by atoms with Gasteiger partial charge in [-0.05, 0) is 55.7 Å². The molecule has 0 aromatic heterocycles. The maximum absolute atomic E-state index is 12.9. The van der Waals surface area contributed by atoms with Crippen molar-refractivity contribution in [3.8, 4) is 0 Å². The number of carbonyl (C=O) groups is 3. The first-order chi connectivity index (χ1) is 14.5. The maximum atomic E-state index is 12.9. The molecule has 0 saturated carbocycles. The van der Waals surface area contributed by atoms with E-state index in [4.69, 9.17) is 16.3 Å². The summed E-state index contributed by atoms with van der Waals surface area (Å²) < 4.78 is 4.99. The fourth-order valence-electron chi connectivity index (χ4n) is 3.12. The van der Waals surface area contributed by atoms with E-state index in [1.807, 2.05) is 12.1 Å². The third-order valence-electron chi connectivity index (χ3n) is 4.68. The number of amides is 2. The number of rotatable bonds is 8. The molecule has 0 fully saturated rings. The number of hydrogen-bond acceptors (Lipinski definition) is 5. The fourth-order valence-corrected chi connectivity index (χ4v) is 3.33. The van der Waals surface area contributed by atoms with Crippen LogP contribution in [0.5, 0.6) is 0 Å². The summed E-state index contributed by atoms with van der Waals surface area (Å²) in [5.41, 5.74) is 2.35. The zero-order valence-corrected chi connectivity index (χ0v) is 17.7. The summed E-state index contributed by atoms with van der Waals surface area (Å²) >= 11 is 6.18. The van der Waals surface area contributed by atoms with Crippen molar-refractivity contribution in [1.82, 2.24) is 0 Å². The van der Waals surface area contributed by atoms with Crippen molar-refractivity contribution in [2.45, 2.75) is 33.1 Å². The molecule has 1 aliphatic rings. The summed E-state index contributed by atoms with van der Waals surface area (Å²) in [7, 11) is 0. The minimum Gasteiger partial charge on any atom is -0.462 e. The molecule has 2 amide bonds. The van der Waals surface area contributed by atoms with Crippen LogP contribution in [-0.4, -0.2) is 24.4 Å². The van der Waals surface area contributed by atoms with Gasteiger partial charge in [-0.25, -0.2) is 9.69 Å². The van der Waals surface area contributed by atoms with Crippen molar-refractivity contribution in [2.24, 2.45) is 0 Å². The Bertz CT molecular complexity index is 999. The summed E-state index contributed by atoms with van der Waals surface area (Å²) in [6.07, 6.45) is 3.12. The standard InChI is InChI=1S/C23H23ClN2O4/c1-3-5-7-15-10-12-18(13-11-15)26-21(27)19(24)20(22(26)28)25-17-9-6-8-16(14-17)23(29)30-4-2/h6,8-14,25H,3-5,7H2,1-2H3. The molecule has 1 heterocycles. The van der Waals surface area contributed by atoms with Gasteiger partial charge in [0.15, 0.2) is 0 Å². The molecule has 156 valence electrons. The monoisotopic (exact) mass is 426 g/mol. The minimum atomic E-state index is -0.591. The minimum absolute atomic E-state index is 0.0299. The molecule has 2 aromatic carbocycles. The predicted molar refractivity (Wildman–Crippen MR) is 116 cm³/mol. The first kappa shape index (κ1) is 21.6. The zero-order chi connectivity index (χ0) is 21.7. The van der Waals surface area contributed by atoms with Crippen LogP contribution < -0.4 is 10.2 Å². The molecule has 3 rings (SSSR count). The van der Waals surface area contributed by atoms with Crippen LogP contribution >= 0.6 is 11.6 Å². The van der Waals surface area contributed by atoms with Gasteiger partial charge >= 0.3 is 5.97 Å². The summed E-state index contributed by atoms with van der Waals surface area (Å²) in [5.74, 6) is -1.61. The third-order valence-corrected chi connectivity index (χ3v) is 5.03.